The van der Waals surface area contributed by atoms with Gasteiger partial charge in [0.15, 0.2) is 11.5 Å². The minimum atomic E-state index is -0.626. The third-order valence-corrected chi connectivity index (χ3v) is 12.4. The summed E-state index contributed by atoms with van der Waals surface area (Å²) in [4.78, 5) is 91.3. The zero-order valence-electron chi connectivity index (χ0n) is 36.4. The average molecular weight is 1010 g/mol. The molecule has 0 saturated heterocycles. The Morgan fingerprint density at radius 3 is 1.29 bits per heavy atom. The molecule has 18 nitrogen and oxygen atoms in total. The van der Waals surface area contributed by atoms with Gasteiger partial charge in [0.1, 0.15) is 38.2 Å². The van der Waals surface area contributed by atoms with Gasteiger partial charge < -0.3 is 37.9 Å². The second-order valence-corrected chi connectivity index (χ2v) is 16.6. The van der Waals surface area contributed by atoms with Crippen molar-refractivity contribution in [3.8, 4) is 45.1 Å². The van der Waals surface area contributed by atoms with Crippen LogP contribution < -0.4 is 28.4 Å². The van der Waals surface area contributed by atoms with E-state index in [1.807, 2.05) is 0 Å². The molecule has 19 heteroatoms. The van der Waals surface area contributed by atoms with E-state index < -0.39 is 64.4 Å². The van der Waals surface area contributed by atoms with Gasteiger partial charge in [-0.3, -0.25) is 29.3 Å². The van der Waals surface area contributed by atoms with Crippen molar-refractivity contribution in [3.63, 3.8) is 0 Å². The Hall–Kier alpha value is -7.93. The summed E-state index contributed by atoms with van der Waals surface area (Å²) in [6, 6.07) is 21.3. The van der Waals surface area contributed by atoms with Gasteiger partial charge in [0.2, 0.25) is 13.6 Å². The lowest BCUT2D eigenvalue weighted by atomic mass is 9.82. The molecule has 384 valence electrons. The number of nitro benzene ring substituents is 1. The Balaban J connectivity index is 0.00000342. The van der Waals surface area contributed by atoms with E-state index in [0.717, 1.165) is 23.5 Å². The van der Waals surface area contributed by atoms with Crippen LogP contribution in [0.25, 0.3) is 20.8 Å². The standard InChI is InChI=1S/C49H44N2O16S.4CH4/c1-3-41(52)62-27-60-35-17-21-37(22-18-35)64-46(54)30-5-9-32(10-6-30)48(56)66-39-25-26-40(44-43(39)50-45(68-44)29-13-15-34(16-14-29)51(58)59)67-49(57)33-11-7-31(8-12-33)47(55)65-38-23-19-36(20-24-38)61-28-63-42(53)4-2;;;;/h3-4,13-26,30-33H,1-2,5-12,27-28H2;4*1H4. The molecule has 2 saturated carbocycles. The third-order valence-electron chi connectivity index (χ3n) is 11.3. The number of nitrogens with zero attached hydrogens (tertiary/aromatic N) is 2. The molecule has 4 aromatic carbocycles. The Bertz CT molecular complexity index is 2530. The first-order valence-electron chi connectivity index (χ1n) is 21.5. The molecule has 0 amide bonds. The first-order valence-corrected chi connectivity index (χ1v) is 22.3. The van der Waals surface area contributed by atoms with E-state index >= 15 is 0 Å². The number of rotatable bonds is 18. The van der Waals surface area contributed by atoms with Crippen LogP contribution in [0, 0.1) is 33.8 Å². The normalized spacial score (nSPS) is 16.7. The highest BCUT2D eigenvalue weighted by molar-refractivity contribution is 7.22. The zero-order chi connectivity index (χ0) is 48.2. The van der Waals surface area contributed by atoms with E-state index in [0.29, 0.717) is 89.6 Å². The summed E-state index contributed by atoms with van der Waals surface area (Å²) in [6.07, 6.45) is 5.02. The predicted molar refractivity (Wildman–Crippen MR) is 269 cm³/mol. The lowest BCUT2D eigenvalue weighted by molar-refractivity contribution is -0.384. The summed E-state index contributed by atoms with van der Waals surface area (Å²) >= 11 is 1.16. The van der Waals surface area contributed by atoms with Gasteiger partial charge in [0.05, 0.1) is 28.6 Å². The van der Waals surface area contributed by atoms with Gasteiger partial charge in [-0.25, -0.2) is 14.6 Å². The van der Waals surface area contributed by atoms with Crippen molar-refractivity contribution < 1.29 is 71.6 Å². The lowest BCUT2D eigenvalue weighted by Gasteiger charge is -2.26. The van der Waals surface area contributed by atoms with E-state index in [4.69, 9.17) is 42.9 Å². The molecule has 2 aliphatic carbocycles. The van der Waals surface area contributed by atoms with Gasteiger partial charge in [-0.1, -0.05) is 42.9 Å². The summed E-state index contributed by atoms with van der Waals surface area (Å²) in [5, 5.41) is 11.8. The molecule has 2 fully saturated rings. The molecular weight excluding hydrogens is 953 g/mol. The van der Waals surface area contributed by atoms with Gasteiger partial charge in [0, 0.05) is 29.8 Å². The maximum atomic E-state index is 13.6. The number of thiazole rings is 1. The Labute approximate surface area is 422 Å². The molecular formula is C53H60N2O16S. The van der Waals surface area contributed by atoms with Crippen molar-refractivity contribution in [2.75, 3.05) is 13.6 Å². The van der Waals surface area contributed by atoms with E-state index in [9.17, 15) is 38.9 Å². The van der Waals surface area contributed by atoms with Crippen LogP contribution in [0.5, 0.6) is 34.5 Å². The Kier molecular flexibility index (Phi) is 22.3. The minimum Gasteiger partial charge on any atom is -0.457 e. The smallest absolute Gasteiger partial charge is 0.333 e. The van der Waals surface area contributed by atoms with Gasteiger partial charge in [-0.15, -0.1) is 11.3 Å². The van der Waals surface area contributed by atoms with Gasteiger partial charge in [-0.2, -0.15) is 0 Å². The fraction of sp³-hybridized carbons (Fsp3) is 0.340. The zero-order valence-corrected chi connectivity index (χ0v) is 37.2. The molecule has 5 aromatic rings. The van der Waals surface area contributed by atoms with Crippen LogP contribution in [0.1, 0.15) is 81.1 Å². The SMILES string of the molecule is C.C.C.C.C=CC(=O)OCOc1ccc(OC(=O)C2CCC(C(=O)Oc3ccc(OC(=O)C4CCC(C(=O)Oc5ccc(OCOC(=O)C=C)cc5)CC4)c4sc(-c5ccc([N+](=O)[O-])cc5)nc34)CC2)cc1. The number of esters is 6. The Morgan fingerprint density at radius 1 is 0.542 bits per heavy atom. The summed E-state index contributed by atoms with van der Waals surface area (Å²) in [5.74, 6) is -3.40. The summed E-state index contributed by atoms with van der Waals surface area (Å²) in [6.45, 7) is 6.01. The fourth-order valence-corrected chi connectivity index (χ4v) is 8.56. The van der Waals surface area contributed by atoms with E-state index in [-0.39, 0.29) is 66.0 Å². The number of ether oxygens (including phenoxy) is 8. The molecule has 7 rings (SSSR count). The van der Waals surface area contributed by atoms with Crippen molar-refractivity contribution in [1.29, 1.82) is 0 Å². The number of aromatic nitrogens is 1. The molecule has 0 unspecified atom stereocenters. The van der Waals surface area contributed by atoms with Crippen LogP contribution in [0.3, 0.4) is 0 Å². The second kappa shape index (κ2) is 27.5. The van der Waals surface area contributed by atoms with Crippen LogP contribution in [0.2, 0.25) is 0 Å². The Morgan fingerprint density at radius 2 is 0.903 bits per heavy atom. The number of benzene rings is 4. The molecule has 72 heavy (non-hydrogen) atoms. The second-order valence-electron chi connectivity index (χ2n) is 15.6. The number of fused-ring (bicyclic) bond motifs is 1. The number of hydrogen-bond acceptors (Lipinski definition) is 18. The summed E-state index contributed by atoms with van der Waals surface area (Å²) in [7, 11) is 0. The van der Waals surface area contributed by atoms with Crippen LogP contribution >= 0.6 is 11.3 Å². The molecule has 0 atom stereocenters. The summed E-state index contributed by atoms with van der Waals surface area (Å²) < 4.78 is 43.7. The van der Waals surface area contributed by atoms with Crippen molar-refractivity contribution in [1.82, 2.24) is 4.98 Å². The molecule has 0 aliphatic heterocycles. The number of non-ortho nitro benzene ring substituents is 1. The molecule has 0 bridgehead atoms. The van der Waals surface area contributed by atoms with E-state index in [1.54, 1.807) is 60.7 Å². The van der Waals surface area contributed by atoms with Gasteiger partial charge >= 0.3 is 35.8 Å². The topological polar surface area (TPSA) is 232 Å². The number of carbonyl (C=O) groups is 6. The highest BCUT2D eigenvalue weighted by atomic mass is 32.1. The van der Waals surface area contributed by atoms with Crippen LogP contribution in [-0.4, -0.2) is 59.3 Å². The maximum Gasteiger partial charge on any atom is 0.333 e. The molecule has 0 spiro atoms. The molecule has 1 aromatic heterocycles. The third kappa shape index (κ3) is 15.3. The van der Waals surface area contributed by atoms with Gasteiger partial charge in [0.25, 0.3) is 5.69 Å². The minimum absolute atomic E-state index is 0. The predicted octanol–water partition coefficient (Wildman–Crippen LogP) is 11.2. The van der Waals surface area contributed by atoms with Crippen LogP contribution in [0.4, 0.5) is 5.69 Å². The highest BCUT2D eigenvalue weighted by Gasteiger charge is 2.35. The van der Waals surface area contributed by atoms with Gasteiger partial charge in [-0.05, 0) is 124 Å². The molecule has 0 N–H and O–H groups in total. The molecule has 0 radical (unpaired) electrons. The number of nitro groups is 1. The van der Waals surface area contributed by atoms with Crippen molar-refractivity contribution in [2.24, 2.45) is 23.7 Å². The largest absolute Gasteiger partial charge is 0.457 e. The first-order chi connectivity index (χ1) is 32.9. The fourth-order valence-electron chi connectivity index (χ4n) is 7.52. The lowest BCUT2D eigenvalue weighted by Crippen LogP contribution is -2.30. The number of carbonyl (C=O) groups excluding carboxylic acids is 6. The van der Waals surface area contributed by atoms with E-state index in [2.05, 4.69) is 13.2 Å². The average Bonchev–Trinajstić information content (AvgIpc) is 3.82. The van der Waals surface area contributed by atoms with Crippen molar-refractivity contribution in [3.05, 3.63) is 120 Å². The summed E-state index contributed by atoms with van der Waals surface area (Å²) in [5.41, 5.74) is 0.687. The van der Waals surface area contributed by atoms with Crippen molar-refractivity contribution in [2.45, 2.75) is 81.1 Å². The van der Waals surface area contributed by atoms with Crippen LogP contribution in [-0.2, 0) is 38.2 Å². The molecule has 2 aliphatic rings. The quantitative estimate of drug-likeness (QED) is 0.0198. The van der Waals surface area contributed by atoms with Crippen molar-refractivity contribution >= 4 is 63.1 Å². The van der Waals surface area contributed by atoms with E-state index in [1.165, 1.54) is 24.3 Å². The first kappa shape index (κ1) is 58.4. The monoisotopic (exact) mass is 1010 g/mol. The number of hydrogen-bond donors (Lipinski definition) is 0. The maximum absolute atomic E-state index is 13.6. The van der Waals surface area contributed by atoms with Crippen LogP contribution in [0.15, 0.2) is 110 Å². The molecule has 1 heterocycles. The highest BCUT2D eigenvalue weighted by Crippen LogP contribution is 2.43.